The SMILES string of the molecule is CCCO[C@@H]1C[C@@H]2C[C@H]1CN2C. The van der Waals surface area contributed by atoms with Crippen molar-refractivity contribution in [2.45, 2.75) is 38.3 Å². The van der Waals surface area contributed by atoms with Gasteiger partial charge in [-0.25, -0.2) is 0 Å². The molecule has 1 aliphatic carbocycles. The molecule has 0 unspecified atom stereocenters. The monoisotopic (exact) mass is 169 g/mol. The van der Waals surface area contributed by atoms with Crippen LogP contribution in [0.15, 0.2) is 0 Å². The van der Waals surface area contributed by atoms with Gasteiger partial charge in [0, 0.05) is 19.2 Å². The molecule has 0 radical (unpaired) electrons. The standard InChI is InChI=1S/C10H19NO/c1-3-4-12-10-6-9-5-8(10)7-11(9)2/h8-10H,3-7H2,1-2H3/t8-,9-,10+/m0/s1. The first-order valence-corrected chi connectivity index (χ1v) is 5.13. The third-order valence-corrected chi connectivity index (χ3v) is 3.29. The van der Waals surface area contributed by atoms with Crippen molar-refractivity contribution in [3.05, 3.63) is 0 Å². The number of likely N-dealkylation sites (tertiary alicyclic amines) is 1. The van der Waals surface area contributed by atoms with E-state index in [1.807, 2.05) is 0 Å². The van der Waals surface area contributed by atoms with Crippen molar-refractivity contribution in [2.75, 3.05) is 20.2 Å². The fourth-order valence-electron chi connectivity index (χ4n) is 2.60. The molecule has 1 aliphatic heterocycles. The van der Waals surface area contributed by atoms with Crippen LogP contribution >= 0.6 is 0 Å². The number of ether oxygens (including phenoxy) is 1. The molecule has 2 fully saturated rings. The molecule has 1 saturated heterocycles. The lowest BCUT2D eigenvalue weighted by atomic mass is 10.1. The molecule has 12 heavy (non-hydrogen) atoms. The van der Waals surface area contributed by atoms with E-state index < -0.39 is 0 Å². The topological polar surface area (TPSA) is 12.5 Å². The molecule has 0 N–H and O–H groups in total. The average molecular weight is 169 g/mol. The van der Waals surface area contributed by atoms with Crippen molar-refractivity contribution in [3.63, 3.8) is 0 Å². The van der Waals surface area contributed by atoms with Gasteiger partial charge in [0.1, 0.15) is 0 Å². The predicted octanol–water partition coefficient (Wildman–Crippen LogP) is 1.51. The van der Waals surface area contributed by atoms with Crippen molar-refractivity contribution in [3.8, 4) is 0 Å². The lowest BCUT2D eigenvalue weighted by Gasteiger charge is -2.28. The Labute approximate surface area is 74.9 Å². The van der Waals surface area contributed by atoms with E-state index in [1.165, 1.54) is 19.4 Å². The lowest BCUT2D eigenvalue weighted by molar-refractivity contribution is 0.00443. The Balaban J connectivity index is 1.82. The minimum absolute atomic E-state index is 0.589. The zero-order valence-electron chi connectivity index (χ0n) is 8.12. The smallest absolute Gasteiger partial charge is 0.0630 e. The van der Waals surface area contributed by atoms with E-state index in [2.05, 4.69) is 18.9 Å². The van der Waals surface area contributed by atoms with Gasteiger partial charge in [-0.15, -0.1) is 0 Å². The molecule has 2 heteroatoms. The zero-order chi connectivity index (χ0) is 8.55. The van der Waals surface area contributed by atoms with Crippen LogP contribution in [0.4, 0.5) is 0 Å². The summed E-state index contributed by atoms with van der Waals surface area (Å²) in [5, 5.41) is 0. The molecule has 3 atom stereocenters. The minimum atomic E-state index is 0.589. The first-order chi connectivity index (χ1) is 5.81. The van der Waals surface area contributed by atoms with Gasteiger partial charge in [-0.3, -0.25) is 0 Å². The summed E-state index contributed by atoms with van der Waals surface area (Å²) in [4.78, 5) is 2.48. The second-order valence-electron chi connectivity index (χ2n) is 4.23. The number of nitrogens with zero attached hydrogens (tertiary/aromatic N) is 1. The van der Waals surface area contributed by atoms with E-state index in [0.717, 1.165) is 25.0 Å². The van der Waals surface area contributed by atoms with Crippen molar-refractivity contribution in [2.24, 2.45) is 5.92 Å². The van der Waals surface area contributed by atoms with E-state index in [1.54, 1.807) is 0 Å². The molecule has 2 rings (SSSR count). The second kappa shape index (κ2) is 3.35. The fraction of sp³-hybridized carbons (Fsp3) is 1.00. The molecule has 2 aliphatic rings. The van der Waals surface area contributed by atoms with Crippen LogP contribution in [0.1, 0.15) is 26.2 Å². The molecule has 0 aromatic carbocycles. The first-order valence-electron chi connectivity index (χ1n) is 5.13. The highest BCUT2D eigenvalue weighted by atomic mass is 16.5. The van der Waals surface area contributed by atoms with Gasteiger partial charge >= 0.3 is 0 Å². The summed E-state index contributed by atoms with van der Waals surface area (Å²) in [7, 11) is 2.24. The number of fused-ring (bicyclic) bond motifs is 2. The van der Waals surface area contributed by atoms with Gasteiger partial charge < -0.3 is 9.64 Å². The molecule has 70 valence electrons. The molecule has 1 saturated carbocycles. The first kappa shape index (κ1) is 8.52. The summed E-state index contributed by atoms with van der Waals surface area (Å²) in [6, 6.07) is 0.830. The Morgan fingerprint density at radius 3 is 2.75 bits per heavy atom. The average Bonchev–Trinajstić information content (AvgIpc) is 2.58. The summed E-state index contributed by atoms with van der Waals surface area (Å²) in [6.07, 6.45) is 4.40. The molecule has 0 spiro atoms. The van der Waals surface area contributed by atoms with Gasteiger partial charge in [0.25, 0.3) is 0 Å². The molecule has 0 aromatic heterocycles. The van der Waals surface area contributed by atoms with Crippen LogP contribution in [0.25, 0.3) is 0 Å². The van der Waals surface area contributed by atoms with Gasteiger partial charge in [0.15, 0.2) is 0 Å². The Hall–Kier alpha value is -0.0800. The maximum atomic E-state index is 5.81. The van der Waals surface area contributed by atoms with Crippen LogP contribution in [-0.4, -0.2) is 37.2 Å². The molecule has 2 nitrogen and oxygen atoms in total. The minimum Gasteiger partial charge on any atom is -0.378 e. The van der Waals surface area contributed by atoms with Crippen molar-refractivity contribution in [1.29, 1.82) is 0 Å². The number of hydrogen-bond acceptors (Lipinski definition) is 2. The summed E-state index contributed by atoms with van der Waals surface area (Å²) >= 11 is 0. The highest BCUT2D eigenvalue weighted by Crippen LogP contribution is 2.38. The van der Waals surface area contributed by atoms with Gasteiger partial charge in [-0.1, -0.05) is 6.92 Å². The Morgan fingerprint density at radius 1 is 1.42 bits per heavy atom. The van der Waals surface area contributed by atoms with Gasteiger partial charge in [-0.05, 0) is 32.2 Å². The van der Waals surface area contributed by atoms with Crippen LogP contribution in [0.2, 0.25) is 0 Å². The summed E-state index contributed by atoms with van der Waals surface area (Å²) in [5.41, 5.74) is 0. The molecular weight excluding hydrogens is 150 g/mol. The Morgan fingerprint density at radius 2 is 2.25 bits per heavy atom. The van der Waals surface area contributed by atoms with Gasteiger partial charge in [-0.2, -0.15) is 0 Å². The van der Waals surface area contributed by atoms with E-state index in [-0.39, 0.29) is 0 Å². The van der Waals surface area contributed by atoms with Gasteiger partial charge in [0.2, 0.25) is 0 Å². The quantitative estimate of drug-likeness (QED) is 0.635. The molecule has 0 aromatic rings. The van der Waals surface area contributed by atoms with E-state index in [4.69, 9.17) is 4.74 Å². The number of piperidine rings is 1. The highest BCUT2D eigenvalue weighted by molar-refractivity contribution is 4.96. The van der Waals surface area contributed by atoms with E-state index in [0.29, 0.717) is 6.10 Å². The van der Waals surface area contributed by atoms with Crippen molar-refractivity contribution < 1.29 is 4.74 Å². The molecule has 0 amide bonds. The van der Waals surface area contributed by atoms with Crippen LogP contribution < -0.4 is 0 Å². The largest absolute Gasteiger partial charge is 0.378 e. The zero-order valence-corrected chi connectivity index (χ0v) is 8.12. The molecule has 1 heterocycles. The lowest BCUT2D eigenvalue weighted by Crippen LogP contribution is -2.35. The maximum Gasteiger partial charge on any atom is 0.0630 e. The molecular formula is C10H19NO. The number of rotatable bonds is 3. The Kier molecular flexibility index (Phi) is 2.37. The van der Waals surface area contributed by atoms with Gasteiger partial charge in [0.05, 0.1) is 6.10 Å². The van der Waals surface area contributed by atoms with Crippen LogP contribution in [0, 0.1) is 5.92 Å². The fourth-order valence-corrected chi connectivity index (χ4v) is 2.60. The third-order valence-electron chi connectivity index (χ3n) is 3.29. The predicted molar refractivity (Wildman–Crippen MR) is 49.2 cm³/mol. The summed E-state index contributed by atoms with van der Waals surface area (Å²) in [5.74, 6) is 0.839. The van der Waals surface area contributed by atoms with Crippen molar-refractivity contribution >= 4 is 0 Å². The Bertz CT molecular complexity index is 158. The highest BCUT2D eigenvalue weighted by Gasteiger charge is 2.43. The normalized spacial score (nSPS) is 41.0. The van der Waals surface area contributed by atoms with Crippen molar-refractivity contribution in [1.82, 2.24) is 4.90 Å². The summed E-state index contributed by atoms with van der Waals surface area (Å²) in [6.45, 7) is 4.40. The molecule has 2 bridgehead atoms. The van der Waals surface area contributed by atoms with Crippen LogP contribution in [0.5, 0.6) is 0 Å². The second-order valence-corrected chi connectivity index (χ2v) is 4.23. The van der Waals surface area contributed by atoms with E-state index >= 15 is 0 Å². The number of hydrogen-bond donors (Lipinski definition) is 0. The summed E-state index contributed by atoms with van der Waals surface area (Å²) < 4.78 is 5.81. The van der Waals surface area contributed by atoms with E-state index in [9.17, 15) is 0 Å². The third kappa shape index (κ3) is 1.38. The van der Waals surface area contributed by atoms with Crippen LogP contribution in [0.3, 0.4) is 0 Å². The maximum absolute atomic E-state index is 5.81. The van der Waals surface area contributed by atoms with Crippen LogP contribution in [-0.2, 0) is 4.74 Å².